The molecule has 4 heteroatoms. The summed E-state index contributed by atoms with van der Waals surface area (Å²) < 4.78 is 19.1. The van der Waals surface area contributed by atoms with Crippen LogP contribution in [0, 0.1) is 11.7 Å². The second-order valence-electron chi connectivity index (χ2n) is 5.94. The zero-order valence-corrected chi connectivity index (χ0v) is 12.4. The SMILES string of the molecule is Fc1ccc2c(c1)CC(CN1CCCC(CCCl)C1)O2. The van der Waals surface area contributed by atoms with Crippen LogP contribution in [0.1, 0.15) is 24.8 Å². The van der Waals surface area contributed by atoms with Crippen molar-refractivity contribution in [3.05, 3.63) is 29.6 Å². The molecule has 1 saturated heterocycles. The minimum absolute atomic E-state index is 0.168. The smallest absolute Gasteiger partial charge is 0.123 e. The number of fused-ring (bicyclic) bond motifs is 1. The lowest BCUT2D eigenvalue weighted by molar-refractivity contribution is 0.110. The molecule has 1 aromatic carbocycles. The fourth-order valence-electron chi connectivity index (χ4n) is 3.39. The van der Waals surface area contributed by atoms with E-state index in [1.807, 2.05) is 0 Å². The first kappa shape index (κ1) is 14.2. The van der Waals surface area contributed by atoms with Crippen molar-refractivity contribution in [1.29, 1.82) is 0 Å². The molecule has 2 atom stereocenters. The van der Waals surface area contributed by atoms with E-state index in [-0.39, 0.29) is 11.9 Å². The lowest BCUT2D eigenvalue weighted by atomic mass is 9.95. The molecular weight excluding hydrogens is 277 g/mol. The molecule has 0 bridgehead atoms. The Morgan fingerprint density at radius 2 is 2.30 bits per heavy atom. The Balaban J connectivity index is 1.55. The van der Waals surface area contributed by atoms with Crippen LogP contribution < -0.4 is 4.74 Å². The van der Waals surface area contributed by atoms with Crippen molar-refractivity contribution in [1.82, 2.24) is 4.90 Å². The molecule has 20 heavy (non-hydrogen) atoms. The van der Waals surface area contributed by atoms with E-state index in [1.54, 1.807) is 12.1 Å². The van der Waals surface area contributed by atoms with Gasteiger partial charge in [0.05, 0.1) is 0 Å². The Bertz CT molecular complexity index is 466. The van der Waals surface area contributed by atoms with Crippen LogP contribution in [-0.2, 0) is 6.42 Å². The number of nitrogens with zero attached hydrogens (tertiary/aromatic N) is 1. The third kappa shape index (κ3) is 3.26. The van der Waals surface area contributed by atoms with Gasteiger partial charge in [-0.1, -0.05) is 0 Å². The second-order valence-corrected chi connectivity index (χ2v) is 6.32. The molecule has 0 aliphatic carbocycles. The molecule has 2 aliphatic heterocycles. The molecule has 2 nitrogen and oxygen atoms in total. The second kappa shape index (κ2) is 6.31. The van der Waals surface area contributed by atoms with Crippen molar-refractivity contribution >= 4 is 11.6 Å². The molecule has 0 saturated carbocycles. The number of likely N-dealkylation sites (tertiary alicyclic amines) is 1. The van der Waals surface area contributed by atoms with E-state index in [1.165, 1.54) is 18.9 Å². The van der Waals surface area contributed by atoms with Gasteiger partial charge in [-0.25, -0.2) is 4.39 Å². The summed E-state index contributed by atoms with van der Waals surface area (Å²) in [5, 5.41) is 0. The summed E-state index contributed by atoms with van der Waals surface area (Å²) in [5.74, 6) is 2.16. The van der Waals surface area contributed by atoms with Crippen LogP contribution in [0.5, 0.6) is 5.75 Å². The maximum Gasteiger partial charge on any atom is 0.123 e. The summed E-state index contributed by atoms with van der Waals surface area (Å²) in [5.41, 5.74) is 1.00. The predicted octanol–water partition coefficient (Wildman–Crippen LogP) is 3.47. The van der Waals surface area contributed by atoms with Crippen LogP contribution in [0.15, 0.2) is 18.2 Å². The summed E-state index contributed by atoms with van der Waals surface area (Å²) >= 11 is 5.85. The normalized spacial score (nSPS) is 26.3. The molecule has 110 valence electrons. The van der Waals surface area contributed by atoms with Gasteiger partial charge in [-0.3, -0.25) is 4.90 Å². The number of ether oxygens (including phenoxy) is 1. The molecule has 1 fully saturated rings. The van der Waals surface area contributed by atoms with Gasteiger partial charge >= 0.3 is 0 Å². The van der Waals surface area contributed by atoms with E-state index in [2.05, 4.69) is 4.90 Å². The molecule has 0 spiro atoms. The Kier molecular flexibility index (Phi) is 4.47. The van der Waals surface area contributed by atoms with Crippen LogP contribution in [0.3, 0.4) is 0 Å². The highest BCUT2D eigenvalue weighted by Crippen LogP contribution is 2.30. The number of rotatable bonds is 4. The van der Waals surface area contributed by atoms with Crippen molar-refractivity contribution in [2.75, 3.05) is 25.5 Å². The average molecular weight is 298 g/mol. The number of hydrogen-bond donors (Lipinski definition) is 0. The van der Waals surface area contributed by atoms with Crippen molar-refractivity contribution in [3.63, 3.8) is 0 Å². The Hall–Kier alpha value is -0.800. The summed E-state index contributed by atoms with van der Waals surface area (Å²) in [4.78, 5) is 2.48. The zero-order chi connectivity index (χ0) is 13.9. The quantitative estimate of drug-likeness (QED) is 0.789. The summed E-state index contributed by atoms with van der Waals surface area (Å²) in [7, 11) is 0. The van der Waals surface area contributed by atoms with Gasteiger partial charge in [0.15, 0.2) is 0 Å². The van der Waals surface area contributed by atoms with Gasteiger partial charge in [0.2, 0.25) is 0 Å². The van der Waals surface area contributed by atoms with Gasteiger partial charge in [0.1, 0.15) is 17.7 Å². The van der Waals surface area contributed by atoms with Gasteiger partial charge < -0.3 is 4.74 Å². The van der Waals surface area contributed by atoms with Crippen molar-refractivity contribution in [3.8, 4) is 5.75 Å². The average Bonchev–Trinajstić information content (AvgIpc) is 2.81. The first-order chi connectivity index (χ1) is 9.74. The van der Waals surface area contributed by atoms with E-state index in [9.17, 15) is 4.39 Å². The Morgan fingerprint density at radius 3 is 3.15 bits per heavy atom. The minimum atomic E-state index is -0.173. The van der Waals surface area contributed by atoms with Crippen LogP contribution in [0.2, 0.25) is 0 Å². The summed E-state index contributed by atoms with van der Waals surface area (Å²) in [6.45, 7) is 3.20. The molecule has 0 N–H and O–H groups in total. The molecule has 2 unspecified atom stereocenters. The van der Waals surface area contributed by atoms with Gasteiger partial charge in [-0.15, -0.1) is 11.6 Å². The van der Waals surface area contributed by atoms with Crippen LogP contribution >= 0.6 is 11.6 Å². The maximum atomic E-state index is 13.2. The third-order valence-corrected chi connectivity index (χ3v) is 4.56. The van der Waals surface area contributed by atoms with Crippen molar-refractivity contribution < 1.29 is 9.13 Å². The Morgan fingerprint density at radius 1 is 1.40 bits per heavy atom. The number of piperidine rings is 1. The standard InChI is InChI=1S/C16H21ClFNO/c17-6-5-12-2-1-7-19(10-12)11-15-9-13-8-14(18)3-4-16(13)20-15/h3-4,8,12,15H,1-2,5-7,9-11H2. The van der Waals surface area contributed by atoms with Crippen molar-refractivity contribution in [2.24, 2.45) is 5.92 Å². The molecule has 0 aromatic heterocycles. The van der Waals surface area contributed by atoms with E-state index < -0.39 is 0 Å². The third-order valence-electron chi connectivity index (χ3n) is 4.35. The number of benzene rings is 1. The van der Waals surface area contributed by atoms with Crippen LogP contribution in [0.25, 0.3) is 0 Å². The zero-order valence-electron chi connectivity index (χ0n) is 11.7. The summed E-state index contributed by atoms with van der Waals surface area (Å²) in [6.07, 6.45) is 4.64. The van der Waals surface area contributed by atoms with Crippen LogP contribution in [0.4, 0.5) is 4.39 Å². The minimum Gasteiger partial charge on any atom is -0.488 e. The molecule has 0 radical (unpaired) electrons. The van der Waals surface area contributed by atoms with Gasteiger partial charge in [0.25, 0.3) is 0 Å². The highest BCUT2D eigenvalue weighted by atomic mass is 35.5. The first-order valence-electron chi connectivity index (χ1n) is 7.48. The Labute approximate surface area is 124 Å². The first-order valence-corrected chi connectivity index (χ1v) is 8.01. The maximum absolute atomic E-state index is 13.2. The highest BCUT2D eigenvalue weighted by molar-refractivity contribution is 6.17. The fraction of sp³-hybridized carbons (Fsp3) is 0.625. The van der Waals surface area contributed by atoms with E-state index >= 15 is 0 Å². The lowest BCUT2D eigenvalue weighted by Crippen LogP contribution is -2.41. The molecule has 2 heterocycles. The number of halogens is 2. The number of alkyl halides is 1. The fourth-order valence-corrected chi connectivity index (χ4v) is 3.69. The van der Waals surface area contributed by atoms with E-state index in [4.69, 9.17) is 16.3 Å². The van der Waals surface area contributed by atoms with Gasteiger partial charge in [0, 0.05) is 31.0 Å². The van der Waals surface area contributed by atoms with Crippen LogP contribution in [-0.4, -0.2) is 36.5 Å². The molecule has 3 rings (SSSR count). The topological polar surface area (TPSA) is 12.5 Å². The van der Waals surface area contributed by atoms with Gasteiger partial charge in [-0.2, -0.15) is 0 Å². The molecular formula is C16H21ClFNO. The highest BCUT2D eigenvalue weighted by Gasteiger charge is 2.27. The van der Waals surface area contributed by atoms with E-state index in [0.717, 1.165) is 55.6 Å². The predicted molar refractivity (Wildman–Crippen MR) is 79.0 cm³/mol. The molecule has 1 aromatic rings. The number of hydrogen-bond acceptors (Lipinski definition) is 2. The largest absolute Gasteiger partial charge is 0.488 e. The monoisotopic (exact) mass is 297 g/mol. The molecule has 2 aliphatic rings. The van der Waals surface area contributed by atoms with E-state index in [0.29, 0.717) is 0 Å². The van der Waals surface area contributed by atoms with Gasteiger partial charge in [-0.05, 0) is 49.9 Å². The summed E-state index contributed by atoms with van der Waals surface area (Å²) in [6, 6.07) is 4.82. The molecule has 0 amide bonds. The lowest BCUT2D eigenvalue weighted by Gasteiger charge is -2.33. The van der Waals surface area contributed by atoms with Crippen molar-refractivity contribution in [2.45, 2.75) is 31.8 Å².